The molecule has 2 nitrogen and oxygen atoms in total. The molecule has 2 heterocycles. The molecule has 0 fully saturated rings. The van der Waals surface area contributed by atoms with E-state index in [4.69, 9.17) is 4.98 Å². The van der Waals surface area contributed by atoms with Crippen LogP contribution in [0.15, 0.2) is 91.3 Å². The molecule has 0 amide bonds. The van der Waals surface area contributed by atoms with Crippen LogP contribution in [-0.2, 0) is 30.9 Å². The molecule has 0 unspecified atom stereocenters. The molecule has 2 aromatic heterocycles. The Bertz CT molecular complexity index is 1730. The van der Waals surface area contributed by atoms with Gasteiger partial charge in [-0.3, -0.25) is 0 Å². The van der Waals surface area contributed by atoms with Crippen molar-refractivity contribution in [3.8, 4) is 11.3 Å². The Hall–Kier alpha value is -3.39. The monoisotopic (exact) mass is 671 g/mol. The minimum Gasteiger partial charge on any atom is -0.305 e. The largest absolute Gasteiger partial charge is 0.305 e. The number of hydrogen-bond donors (Lipinski definition) is 0. The second kappa shape index (κ2) is 9.73. The number of pyridine rings is 2. The molecule has 1 aliphatic carbocycles. The molecule has 191 valence electrons. The van der Waals surface area contributed by atoms with Crippen LogP contribution in [0.1, 0.15) is 51.3 Å². The second-order valence-corrected chi connectivity index (χ2v) is 11.4. The first-order valence-corrected chi connectivity index (χ1v) is 12.9. The summed E-state index contributed by atoms with van der Waals surface area (Å²) in [7, 11) is 0. The molecule has 1 radical (unpaired) electrons. The Labute approximate surface area is 238 Å². The third kappa shape index (κ3) is 4.24. The van der Waals surface area contributed by atoms with Crippen LogP contribution in [0.5, 0.6) is 0 Å². The number of nitrogens with zero attached hydrogens (tertiary/aromatic N) is 2. The minimum absolute atomic E-state index is 0. The molecule has 0 spiro atoms. The molecule has 0 saturated carbocycles. The molecular formula is C35H30IrN2-2. The first-order chi connectivity index (χ1) is 17.8. The van der Waals surface area contributed by atoms with Crippen molar-refractivity contribution in [2.45, 2.75) is 45.4 Å². The number of benzene rings is 4. The smallest absolute Gasteiger partial charge is 0.0198 e. The first-order valence-electron chi connectivity index (χ1n) is 12.9. The van der Waals surface area contributed by atoms with Crippen molar-refractivity contribution in [3.05, 3.63) is 120 Å². The summed E-state index contributed by atoms with van der Waals surface area (Å²) >= 11 is 0. The van der Waals surface area contributed by atoms with Crippen molar-refractivity contribution in [2.75, 3.05) is 0 Å². The summed E-state index contributed by atoms with van der Waals surface area (Å²) in [6.45, 7) is 11.4. The van der Waals surface area contributed by atoms with Gasteiger partial charge in [0.1, 0.15) is 0 Å². The molecule has 4 aromatic carbocycles. The Morgan fingerprint density at radius 1 is 0.737 bits per heavy atom. The predicted molar refractivity (Wildman–Crippen MR) is 155 cm³/mol. The standard InChI is InChI=1S/C24H22N.C11H8N.Ir/c1-23(2,3)14-12-17-15-8-6-10-18-20(15)21-16(22(17)25-13-14)9-7-11-19(21)24(18,4)5;1-2-6-10(7-3-1)11-8-4-5-9-12-11;/h6-8,10-13H,1-5H3;1-6,8-9H;/q2*-1;. The molecule has 0 bridgehead atoms. The molecule has 38 heavy (non-hydrogen) atoms. The maximum Gasteiger partial charge on any atom is 0.0198 e. The Balaban J connectivity index is 0.000000191. The number of aromatic nitrogens is 2. The zero-order valence-corrected chi connectivity index (χ0v) is 24.8. The van der Waals surface area contributed by atoms with Crippen molar-refractivity contribution >= 4 is 32.4 Å². The Morgan fingerprint density at radius 2 is 1.53 bits per heavy atom. The number of fused-ring (bicyclic) bond motifs is 3. The van der Waals surface area contributed by atoms with Gasteiger partial charge in [0.05, 0.1) is 0 Å². The van der Waals surface area contributed by atoms with Crippen LogP contribution in [0.4, 0.5) is 0 Å². The van der Waals surface area contributed by atoms with E-state index in [9.17, 15) is 0 Å². The van der Waals surface area contributed by atoms with Gasteiger partial charge in [-0.05, 0) is 55.4 Å². The van der Waals surface area contributed by atoms with Gasteiger partial charge in [-0.2, -0.15) is 0 Å². The fraction of sp³-hybridized carbons (Fsp3) is 0.200. The molecule has 0 N–H and O–H groups in total. The average molecular weight is 671 g/mol. The van der Waals surface area contributed by atoms with Crippen LogP contribution in [0.2, 0.25) is 0 Å². The summed E-state index contributed by atoms with van der Waals surface area (Å²) in [5.74, 6) is 0. The van der Waals surface area contributed by atoms with Crippen molar-refractivity contribution in [2.24, 2.45) is 0 Å². The van der Waals surface area contributed by atoms with E-state index < -0.39 is 0 Å². The Kier molecular flexibility index (Phi) is 6.71. The van der Waals surface area contributed by atoms with E-state index in [-0.39, 0.29) is 30.9 Å². The predicted octanol–water partition coefficient (Wildman–Crippen LogP) is 8.82. The van der Waals surface area contributed by atoms with Crippen molar-refractivity contribution in [1.82, 2.24) is 9.97 Å². The fourth-order valence-electron chi connectivity index (χ4n) is 5.53. The number of rotatable bonds is 1. The third-order valence-electron chi connectivity index (χ3n) is 7.59. The second-order valence-electron chi connectivity index (χ2n) is 11.4. The van der Waals surface area contributed by atoms with E-state index in [0.717, 1.165) is 16.8 Å². The van der Waals surface area contributed by atoms with Crippen LogP contribution in [0, 0.1) is 12.1 Å². The maximum atomic E-state index is 4.91. The van der Waals surface area contributed by atoms with Gasteiger partial charge in [-0.1, -0.05) is 76.4 Å². The van der Waals surface area contributed by atoms with E-state index in [1.165, 1.54) is 43.6 Å². The number of hydrogen-bond acceptors (Lipinski definition) is 2. The molecule has 6 aromatic rings. The first kappa shape index (κ1) is 26.2. The van der Waals surface area contributed by atoms with Gasteiger partial charge in [0, 0.05) is 32.5 Å². The summed E-state index contributed by atoms with van der Waals surface area (Å²) in [4.78, 5) is 9.12. The zero-order chi connectivity index (χ0) is 25.8. The van der Waals surface area contributed by atoms with Gasteiger partial charge in [0.15, 0.2) is 0 Å². The van der Waals surface area contributed by atoms with Gasteiger partial charge < -0.3 is 9.97 Å². The summed E-state index contributed by atoms with van der Waals surface area (Å²) in [6.07, 6.45) is 3.83. The van der Waals surface area contributed by atoms with Crippen molar-refractivity contribution in [1.29, 1.82) is 0 Å². The van der Waals surface area contributed by atoms with E-state index in [2.05, 4.69) is 88.1 Å². The van der Waals surface area contributed by atoms with Crippen LogP contribution in [-0.4, -0.2) is 9.97 Å². The van der Waals surface area contributed by atoms with Gasteiger partial charge >= 0.3 is 0 Å². The molecule has 0 saturated heterocycles. The molecule has 0 aliphatic heterocycles. The van der Waals surface area contributed by atoms with Crippen LogP contribution >= 0.6 is 0 Å². The van der Waals surface area contributed by atoms with E-state index in [0.29, 0.717) is 0 Å². The van der Waals surface area contributed by atoms with E-state index >= 15 is 0 Å². The SMILES string of the molecule is CC(C)(C)c1cnc2c3[c-]ccc4c3c3c(cccc3c2c1)C4(C)C.[Ir].[c-]1ccccc1-c1ccccn1. The van der Waals surface area contributed by atoms with E-state index in [1.54, 1.807) is 6.20 Å². The Morgan fingerprint density at radius 3 is 2.24 bits per heavy atom. The molecule has 3 heteroatoms. The zero-order valence-electron chi connectivity index (χ0n) is 22.4. The summed E-state index contributed by atoms with van der Waals surface area (Å²) < 4.78 is 0. The van der Waals surface area contributed by atoms with Crippen molar-refractivity contribution in [3.63, 3.8) is 0 Å². The third-order valence-corrected chi connectivity index (χ3v) is 7.59. The van der Waals surface area contributed by atoms with Gasteiger partial charge in [0.2, 0.25) is 0 Å². The average Bonchev–Trinajstić information content (AvgIpc) is 3.16. The van der Waals surface area contributed by atoms with Gasteiger partial charge in [0.25, 0.3) is 0 Å². The quantitative estimate of drug-likeness (QED) is 0.129. The molecule has 0 atom stereocenters. The molecule has 1 aliphatic rings. The molecular weight excluding hydrogens is 641 g/mol. The fourth-order valence-corrected chi connectivity index (χ4v) is 5.53. The van der Waals surface area contributed by atoms with Crippen LogP contribution < -0.4 is 0 Å². The van der Waals surface area contributed by atoms with Gasteiger partial charge in [-0.25, -0.2) is 0 Å². The normalized spacial score (nSPS) is 13.4. The molecule has 7 rings (SSSR count). The minimum atomic E-state index is 0. The van der Waals surface area contributed by atoms with Crippen molar-refractivity contribution < 1.29 is 20.1 Å². The maximum absolute atomic E-state index is 4.91. The summed E-state index contributed by atoms with van der Waals surface area (Å²) in [6, 6.07) is 33.7. The van der Waals surface area contributed by atoms with Crippen LogP contribution in [0.25, 0.3) is 43.7 Å². The van der Waals surface area contributed by atoms with Gasteiger partial charge in [-0.15, -0.1) is 65.0 Å². The van der Waals surface area contributed by atoms with Crippen LogP contribution in [0.3, 0.4) is 0 Å². The van der Waals surface area contributed by atoms with E-state index in [1.807, 2.05) is 48.7 Å². The summed E-state index contributed by atoms with van der Waals surface area (Å²) in [5.41, 5.74) is 7.30. The topological polar surface area (TPSA) is 25.8 Å². The summed E-state index contributed by atoms with van der Waals surface area (Å²) in [5, 5.41) is 6.49.